The Balaban J connectivity index is 2.31. The third-order valence-electron chi connectivity index (χ3n) is 2.04. The van der Waals surface area contributed by atoms with Gasteiger partial charge < -0.3 is 5.32 Å². The Hall–Kier alpha value is -0.610. The summed E-state index contributed by atoms with van der Waals surface area (Å²) in [5.74, 6) is -0.112. The highest BCUT2D eigenvalue weighted by atomic mass is 35.5. The first-order chi connectivity index (χ1) is 7.13. The van der Waals surface area contributed by atoms with Gasteiger partial charge >= 0.3 is 0 Å². The summed E-state index contributed by atoms with van der Waals surface area (Å²) in [6, 6.07) is 0. The zero-order valence-corrected chi connectivity index (χ0v) is 10.5. The number of aryl methyl sites for hydroxylation is 1. The van der Waals surface area contributed by atoms with Crippen molar-refractivity contribution in [1.29, 1.82) is 0 Å². The molecule has 1 amide bonds. The van der Waals surface area contributed by atoms with Gasteiger partial charge in [0.25, 0.3) is 5.91 Å². The van der Waals surface area contributed by atoms with E-state index in [0.29, 0.717) is 12.2 Å². The number of carbonyl (C=O) groups is 1. The van der Waals surface area contributed by atoms with Crippen molar-refractivity contribution < 1.29 is 4.79 Å². The molecule has 1 aromatic rings. The highest BCUT2D eigenvalue weighted by Gasteiger charge is 2.09. The third kappa shape index (κ3) is 4.18. The maximum atomic E-state index is 11.5. The maximum absolute atomic E-state index is 11.5. The van der Waals surface area contributed by atoms with Crippen molar-refractivity contribution in [3.05, 3.63) is 16.1 Å². The number of nitrogens with zero attached hydrogens (tertiary/aromatic N) is 1. The van der Waals surface area contributed by atoms with Crippen LogP contribution in [0.2, 0.25) is 0 Å². The Bertz CT molecular complexity index is 327. The van der Waals surface area contributed by atoms with Gasteiger partial charge in [0.15, 0.2) is 0 Å². The van der Waals surface area contributed by atoms with Gasteiger partial charge in [-0.15, -0.1) is 22.9 Å². The number of alkyl halides is 1. The average Bonchev–Trinajstić information content (AvgIpc) is 2.64. The standard InChI is InChI=1S/C10H15ClN2OS/c1-3-8(11)4-5-12-10(14)9-6-15-7(2)13-9/h6,8H,3-5H2,1-2H3,(H,12,14). The molecule has 15 heavy (non-hydrogen) atoms. The highest BCUT2D eigenvalue weighted by molar-refractivity contribution is 7.09. The van der Waals surface area contributed by atoms with Gasteiger partial charge in [-0.05, 0) is 19.8 Å². The molecule has 84 valence electrons. The molecule has 0 aromatic carbocycles. The molecule has 0 fully saturated rings. The highest BCUT2D eigenvalue weighted by Crippen LogP contribution is 2.08. The number of thiazole rings is 1. The molecule has 1 heterocycles. The summed E-state index contributed by atoms with van der Waals surface area (Å²) in [5.41, 5.74) is 0.500. The second-order valence-electron chi connectivity index (χ2n) is 3.30. The summed E-state index contributed by atoms with van der Waals surface area (Å²) < 4.78 is 0. The number of hydrogen-bond donors (Lipinski definition) is 1. The molecule has 0 bridgehead atoms. The molecule has 0 aliphatic carbocycles. The molecule has 1 atom stereocenters. The molecule has 3 nitrogen and oxygen atoms in total. The van der Waals surface area contributed by atoms with Crippen molar-refractivity contribution in [2.45, 2.75) is 32.1 Å². The van der Waals surface area contributed by atoms with E-state index in [1.54, 1.807) is 5.38 Å². The number of halogens is 1. The summed E-state index contributed by atoms with van der Waals surface area (Å²) >= 11 is 7.41. The van der Waals surface area contributed by atoms with Crippen LogP contribution in [-0.4, -0.2) is 22.8 Å². The molecule has 0 saturated heterocycles. The van der Waals surface area contributed by atoms with Gasteiger partial charge in [0.1, 0.15) is 5.69 Å². The molecule has 1 rings (SSSR count). The van der Waals surface area contributed by atoms with E-state index in [4.69, 9.17) is 11.6 Å². The zero-order chi connectivity index (χ0) is 11.3. The monoisotopic (exact) mass is 246 g/mol. The van der Waals surface area contributed by atoms with Crippen LogP contribution in [0, 0.1) is 6.92 Å². The van der Waals surface area contributed by atoms with E-state index >= 15 is 0 Å². The fourth-order valence-electron chi connectivity index (χ4n) is 1.10. The number of carbonyl (C=O) groups excluding carboxylic acids is 1. The Kier molecular flexibility index (Phi) is 5.05. The molecule has 5 heteroatoms. The van der Waals surface area contributed by atoms with Gasteiger partial charge in [-0.3, -0.25) is 4.79 Å². The molecule has 1 N–H and O–H groups in total. The third-order valence-corrected chi connectivity index (χ3v) is 3.34. The van der Waals surface area contributed by atoms with Crippen molar-refractivity contribution >= 4 is 28.8 Å². The van der Waals surface area contributed by atoms with E-state index < -0.39 is 0 Å². The Morgan fingerprint density at radius 3 is 3.00 bits per heavy atom. The van der Waals surface area contributed by atoms with Crippen LogP contribution < -0.4 is 5.32 Å². The average molecular weight is 247 g/mol. The van der Waals surface area contributed by atoms with E-state index in [1.165, 1.54) is 11.3 Å². The lowest BCUT2D eigenvalue weighted by atomic mass is 10.2. The topological polar surface area (TPSA) is 42.0 Å². The molecule has 0 saturated carbocycles. The van der Waals surface area contributed by atoms with Crippen LogP contribution in [0.3, 0.4) is 0 Å². The summed E-state index contributed by atoms with van der Waals surface area (Å²) in [7, 11) is 0. The lowest BCUT2D eigenvalue weighted by Crippen LogP contribution is -2.26. The SMILES string of the molecule is CCC(Cl)CCNC(=O)c1csc(C)n1. The van der Waals surface area contributed by atoms with Crippen molar-refractivity contribution in [2.75, 3.05) is 6.54 Å². The first kappa shape index (κ1) is 12.5. The fraction of sp³-hybridized carbons (Fsp3) is 0.600. The summed E-state index contributed by atoms with van der Waals surface area (Å²) in [4.78, 5) is 15.6. The molecular formula is C10H15ClN2OS. The summed E-state index contributed by atoms with van der Waals surface area (Å²) in [6.45, 7) is 4.52. The number of nitrogens with one attached hydrogen (secondary N) is 1. The van der Waals surface area contributed by atoms with Gasteiger partial charge in [-0.1, -0.05) is 6.92 Å². The number of aromatic nitrogens is 1. The molecule has 1 aromatic heterocycles. The number of hydrogen-bond acceptors (Lipinski definition) is 3. The largest absolute Gasteiger partial charge is 0.351 e. The summed E-state index contributed by atoms with van der Waals surface area (Å²) in [5, 5.41) is 5.61. The Morgan fingerprint density at radius 2 is 2.47 bits per heavy atom. The fourth-order valence-corrected chi connectivity index (χ4v) is 1.81. The second-order valence-corrected chi connectivity index (χ2v) is 4.98. The van der Waals surface area contributed by atoms with Crippen LogP contribution in [0.4, 0.5) is 0 Å². The minimum absolute atomic E-state index is 0.112. The van der Waals surface area contributed by atoms with Gasteiger partial charge in [0, 0.05) is 17.3 Å². The van der Waals surface area contributed by atoms with E-state index in [9.17, 15) is 4.79 Å². The first-order valence-electron chi connectivity index (χ1n) is 4.98. The number of amides is 1. The predicted molar refractivity (Wildman–Crippen MR) is 63.7 cm³/mol. The van der Waals surface area contributed by atoms with Crippen LogP contribution in [-0.2, 0) is 0 Å². The van der Waals surface area contributed by atoms with Crippen molar-refractivity contribution in [3.63, 3.8) is 0 Å². The minimum Gasteiger partial charge on any atom is -0.351 e. The minimum atomic E-state index is -0.112. The van der Waals surface area contributed by atoms with Crippen molar-refractivity contribution in [3.8, 4) is 0 Å². The molecular weight excluding hydrogens is 232 g/mol. The van der Waals surface area contributed by atoms with Gasteiger partial charge in [-0.25, -0.2) is 4.98 Å². The second kappa shape index (κ2) is 6.08. The van der Waals surface area contributed by atoms with E-state index in [-0.39, 0.29) is 11.3 Å². The lowest BCUT2D eigenvalue weighted by molar-refractivity contribution is 0.0948. The summed E-state index contributed by atoms with van der Waals surface area (Å²) in [6.07, 6.45) is 1.72. The molecule has 0 aliphatic rings. The van der Waals surface area contributed by atoms with Crippen LogP contribution in [0.1, 0.15) is 35.3 Å². The van der Waals surface area contributed by atoms with E-state index in [0.717, 1.165) is 17.8 Å². The van der Waals surface area contributed by atoms with Crippen molar-refractivity contribution in [2.24, 2.45) is 0 Å². The van der Waals surface area contributed by atoms with Crippen molar-refractivity contribution in [1.82, 2.24) is 10.3 Å². The lowest BCUT2D eigenvalue weighted by Gasteiger charge is -2.06. The van der Waals surface area contributed by atoms with Crippen LogP contribution in [0.5, 0.6) is 0 Å². The Labute approximate surface area is 98.9 Å². The van der Waals surface area contributed by atoms with Crippen LogP contribution in [0.15, 0.2) is 5.38 Å². The first-order valence-corrected chi connectivity index (χ1v) is 6.29. The van der Waals surface area contributed by atoms with Crippen LogP contribution >= 0.6 is 22.9 Å². The zero-order valence-electron chi connectivity index (χ0n) is 8.92. The quantitative estimate of drug-likeness (QED) is 0.812. The van der Waals surface area contributed by atoms with E-state index in [1.807, 2.05) is 13.8 Å². The van der Waals surface area contributed by atoms with Gasteiger partial charge in [-0.2, -0.15) is 0 Å². The Morgan fingerprint density at radius 1 is 1.73 bits per heavy atom. The predicted octanol–water partition coefficient (Wildman–Crippen LogP) is 2.59. The van der Waals surface area contributed by atoms with E-state index in [2.05, 4.69) is 10.3 Å². The van der Waals surface area contributed by atoms with Crippen LogP contribution in [0.25, 0.3) is 0 Å². The van der Waals surface area contributed by atoms with Gasteiger partial charge in [0.05, 0.1) is 5.01 Å². The molecule has 0 aliphatic heterocycles. The maximum Gasteiger partial charge on any atom is 0.270 e. The number of rotatable bonds is 5. The molecule has 1 unspecified atom stereocenters. The smallest absolute Gasteiger partial charge is 0.270 e. The van der Waals surface area contributed by atoms with Gasteiger partial charge in [0.2, 0.25) is 0 Å². The molecule has 0 spiro atoms. The normalized spacial score (nSPS) is 12.5. The molecule has 0 radical (unpaired) electrons.